The molecule has 1 aliphatic heterocycles. The second kappa shape index (κ2) is 11.6. The first-order chi connectivity index (χ1) is 17.8. The van der Waals surface area contributed by atoms with E-state index in [4.69, 9.17) is 18.9 Å². The van der Waals surface area contributed by atoms with E-state index >= 15 is 0 Å². The Labute approximate surface area is 217 Å². The SMILES string of the molecule is CCCCOC1c2cc(NCc3ccc(OC)cc3)ccc2OC(C)(C)C1OC(=O)c1ccc(F)cc1. The molecule has 0 amide bonds. The molecule has 3 aromatic rings. The van der Waals surface area contributed by atoms with E-state index in [1.165, 1.54) is 24.3 Å². The van der Waals surface area contributed by atoms with E-state index in [0.717, 1.165) is 35.4 Å². The zero-order valence-corrected chi connectivity index (χ0v) is 21.8. The van der Waals surface area contributed by atoms with Gasteiger partial charge < -0.3 is 24.3 Å². The Balaban J connectivity index is 1.59. The van der Waals surface area contributed by atoms with Crippen molar-refractivity contribution < 1.29 is 28.1 Å². The van der Waals surface area contributed by atoms with Crippen molar-refractivity contribution >= 4 is 11.7 Å². The molecule has 0 aromatic heterocycles. The van der Waals surface area contributed by atoms with Crippen LogP contribution < -0.4 is 14.8 Å². The zero-order chi connectivity index (χ0) is 26.4. The van der Waals surface area contributed by atoms with Crippen molar-refractivity contribution in [3.05, 3.63) is 89.2 Å². The third-order valence-electron chi connectivity index (χ3n) is 6.41. The van der Waals surface area contributed by atoms with Crippen molar-refractivity contribution in [3.8, 4) is 11.5 Å². The van der Waals surface area contributed by atoms with Gasteiger partial charge >= 0.3 is 5.97 Å². The van der Waals surface area contributed by atoms with Crippen molar-refractivity contribution in [2.75, 3.05) is 19.0 Å². The molecule has 1 N–H and O–H groups in total. The van der Waals surface area contributed by atoms with Crippen LogP contribution in [0.2, 0.25) is 0 Å². The number of fused-ring (bicyclic) bond motifs is 1. The number of nitrogens with one attached hydrogen (secondary N) is 1. The van der Waals surface area contributed by atoms with Gasteiger partial charge in [0, 0.05) is 24.4 Å². The molecule has 2 unspecified atom stereocenters. The molecule has 0 saturated heterocycles. The second-order valence-corrected chi connectivity index (χ2v) is 9.64. The van der Waals surface area contributed by atoms with Crippen LogP contribution >= 0.6 is 0 Å². The van der Waals surface area contributed by atoms with Crippen LogP contribution in [0.15, 0.2) is 66.7 Å². The fourth-order valence-corrected chi connectivity index (χ4v) is 4.30. The van der Waals surface area contributed by atoms with Gasteiger partial charge in [0.05, 0.1) is 12.7 Å². The number of hydrogen-bond donors (Lipinski definition) is 1. The number of esters is 1. The predicted octanol–water partition coefficient (Wildman–Crippen LogP) is 6.70. The predicted molar refractivity (Wildman–Crippen MR) is 141 cm³/mol. The maximum absolute atomic E-state index is 13.4. The van der Waals surface area contributed by atoms with E-state index in [1.807, 2.05) is 56.3 Å². The maximum Gasteiger partial charge on any atom is 0.338 e. The van der Waals surface area contributed by atoms with Gasteiger partial charge in [0.1, 0.15) is 29.0 Å². The van der Waals surface area contributed by atoms with Gasteiger partial charge in [0.15, 0.2) is 6.10 Å². The number of anilines is 1. The highest BCUT2D eigenvalue weighted by Gasteiger charge is 2.47. The van der Waals surface area contributed by atoms with E-state index in [-0.39, 0.29) is 5.56 Å². The summed E-state index contributed by atoms with van der Waals surface area (Å²) in [6.07, 6.45) is 0.605. The standard InChI is InChI=1S/C30H34FNO5/c1-5-6-17-35-27-25-18-23(32-19-20-7-14-24(34-4)15-8-20)13-16-26(25)37-30(2,3)28(27)36-29(33)21-9-11-22(31)12-10-21/h7-16,18,27-28,32H,5-6,17,19H2,1-4H3. The van der Waals surface area contributed by atoms with Crippen molar-refractivity contribution in [2.45, 2.75) is 58.0 Å². The summed E-state index contributed by atoms with van der Waals surface area (Å²) in [6.45, 7) is 7.00. The van der Waals surface area contributed by atoms with Crippen LogP contribution in [0.1, 0.15) is 61.2 Å². The van der Waals surface area contributed by atoms with Crippen molar-refractivity contribution in [1.82, 2.24) is 0 Å². The molecule has 0 fully saturated rings. The minimum Gasteiger partial charge on any atom is -0.497 e. The molecule has 1 heterocycles. The van der Waals surface area contributed by atoms with E-state index in [2.05, 4.69) is 12.2 Å². The van der Waals surface area contributed by atoms with Gasteiger partial charge in [-0.25, -0.2) is 9.18 Å². The molecule has 0 bridgehead atoms. The lowest BCUT2D eigenvalue weighted by molar-refractivity contribution is -0.140. The molecular formula is C30H34FNO5. The summed E-state index contributed by atoms with van der Waals surface area (Å²) in [6, 6.07) is 19.1. The fourth-order valence-electron chi connectivity index (χ4n) is 4.30. The van der Waals surface area contributed by atoms with Crippen LogP contribution in [0.4, 0.5) is 10.1 Å². The maximum atomic E-state index is 13.4. The van der Waals surface area contributed by atoms with Crippen molar-refractivity contribution in [1.29, 1.82) is 0 Å². The Kier molecular flexibility index (Phi) is 8.34. The van der Waals surface area contributed by atoms with Crippen LogP contribution in [0.3, 0.4) is 0 Å². The van der Waals surface area contributed by atoms with Gasteiger partial charge in [-0.15, -0.1) is 0 Å². The third-order valence-corrected chi connectivity index (χ3v) is 6.41. The summed E-state index contributed by atoms with van der Waals surface area (Å²) >= 11 is 0. The highest BCUT2D eigenvalue weighted by atomic mass is 19.1. The molecule has 196 valence electrons. The summed E-state index contributed by atoms with van der Waals surface area (Å²) in [5.41, 5.74) is 2.23. The van der Waals surface area contributed by atoms with Gasteiger partial charge in [0.25, 0.3) is 0 Å². The highest BCUT2D eigenvalue weighted by molar-refractivity contribution is 5.89. The Hall–Kier alpha value is -3.58. The van der Waals surface area contributed by atoms with Gasteiger partial charge in [-0.05, 0) is 80.4 Å². The lowest BCUT2D eigenvalue weighted by Crippen LogP contribution is -2.51. The number of unbranched alkanes of at least 4 members (excludes halogenated alkanes) is 1. The third kappa shape index (κ3) is 6.41. The molecule has 0 spiro atoms. The second-order valence-electron chi connectivity index (χ2n) is 9.64. The fraction of sp³-hybridized carbons (Fsp3) is 0.367. The van der Waals surface area contributed by atoms with Gasteiger partial charge in [-0.1, -0.05) is 25.5 Å². The quantitative estimate of drug-likeness (QED) is 0.243. The molecule has 3 aromatic carbocycles. The first-order valence-corrected chi connectivity index (χ1v) is 12.6. The van der Waals surface area contributed by atoms with Crippen molar-refractivity contribution in [2.24, 2.45) is 0 Å². The average molecular weight is 508 g/mol. The molecule has 0 saturated carbocycles. The number of methoxy groups -OCH3 is 1. The number of carbonyl (C=O) groups excluding carboxylic acids is 1. The van der Waals surface area contributed by atoms with Gasteiger partial charge in [-0.3, -0.25) is 0 Å². The molecule has 0 radical (unpaired) electrons. The zero-order valence-electron chi connectivity index (χ0n) is 21.8. The van der Waals surface area contributed by atoms with Gasteiger partial charge in [-0.2, -0.15) is 0 Å². The van der Waals surface area contributed by atoms with Crippen LogP contribution in [0, 0.1) is 5.82 Å². The van der Waals surface area contributed by atoms with Crippen molar-refractivity contribution in [3.63, 3.8) is 0 Å². The lowest BCUT2D eigenvalue weighted by atomic mass is 9.87. The number of carbonyl (C=O) groups is 1. The normalized spacial score (nSPS) is 17.9. The summed E-state index contributed by atoms with van der Waals surface area (Å²) in [4.78, 5) is 13.0. The largest absolute Gasteiger partial charge is 0.497 e. The number of ether oxygens (including phenoxy) is 4. The number of benzene rings is 3. The summed E-state index contributed by atoms with van der Waals surface area (Å²) < 4.78 is 37.2. The molecule has 37 heavy (non-hydrogen) atoms. The van der Waals surface area contributed by atoms with Crippen LogP contribution in [0.5, 0.6) is 11.5 Å². The summed E-state index contributed by atoms with van der Waals surface area (Å²) in [5, 5.41) is 3.45. The topological polar surface area (TPSA) is 66.0 Å². The van der Waals surface area contributed by atoms with E-state index in [9.17, 15) is 9.18 Å². The summed E-state index contributed by atoms with van der Waals surface area (Å²) in [5.74, 6) is 0.534. The molecule has 0 aliphatic carbocycles. The Morgan fingerprint density at radius 3 is 2.46 bits per heavy atom. The molecule has 6 nitrogen and oxygen atoms in total. The van der Waals surface area contributed by atoms with Crippen LogP contribution in [-0.2, 0) is 16.0 Å². The molecular weight excluding hydrogens is 473 g/mol. The number of halogens is 1. The number of hydrogen-bond acceptors (Lipinski definition) is 6. The molecule has 1 aliphatic rings. The van der Waals surface area contributed by atoms with Crippen LogP contribution in [-0.4, -0.2) is 31.4 Å². The molecule has 2 atom stereocenters. The minimum atomic E-state index is -0.850. The minimum absolute atomic E-state index is 0.269. The Morgan fingerprint density at radius 1 is 1.05 bits per heavy atom. The highest BCUT2D eigenvalue weighted by Crippen LogP contribution is 2.44. The van der Waals surface area contributed by atoms with E-state index < -0.39 is 29.6 Å². The van der Waals surface area contributed by atoms with Gasteiger partial charge in [0.2, 0.25) is 0 Å². The number of rotatable bonds is 10. The first-order valence-electron chi connectivity index (χ1n) is 12.6. The Bertz CT molecular complexity index is 1190. The first kappa shape index (κ1) is 26.5. The Morgan fingerprint density at radius 2 is 1.78 bits per heavy atom. The van der Waals surface area contributed by atoms with Crippen LogP contribution in [0.25, 0.3) is 0 Å². The average Bonchev–Trinajstić information content (AvgIpc) is 2.89. The smallest absolute Gasteiger partial charge is 0.338 e. The monoisotopic (exact) mass is 507 g/mol. The molecule has 4 rings (SSSR count). The van der Waals surface area contributed by atoms with E-state index in [1.54, 1.807) is 7.11 Å². The molecule has 7 heteroatoms. The summed E-state index contributed by atoms with van der Waals surface area (Å²) in [7, 11) is 1.65. The lowest BCUT2D eigenvalue weighted by Gasteiger charge is -2.43. The van der Waals surface area contributed by atoms with E-state index in [0.29, 0.717) is 18.9 Å².